The second kappa shape index (κ2) is 8.68. The van der Waals surface area contributed by atoms with Crippen molar-refractivity contribution in [2.45, 2.75) is 38.0 Å². The zero-order valence-corrected chi connectivity index (χ0v) is 16.1. The summed E-state index contributed by atoms with van der Waals surface area (Å²) in [5.74, 6) is -0.575. The second-order valence-electron chi connectivity index (χ2n) is 6.81. The highest BCUT2D eigenvalue weighted by Gasteiger charge is 2.38. The molecule has 3 unspecified atom stereocenters. The summed E-state index contributed by atoms with van der Waals surface area (Å²) in [6.45, 7) is -0.353. The van der Waals surface area contributed by atoms with E-state index in [1.807, 2.05) is 0 Å². The molecule has 10 heteroatoms. The van der Waals surface area contributed by atoms with Crippen molar-refractivity contribution in [2.24, 2.45) is 5.92 Å². The van der Waals surface area contributed by atoms with E-state index in [4.69, 9.17) is 0 Å². The molecule has 1 aromatic rings. The number of nitrogens with one attached hydrogen (secondary N) is 1. The first-order valence-corrected chi connectivity index (χ1v) is 10.0. The lowest BCUT2D eigenvalue weighted by Crippen LogP contribution is -2.53. The molecule has 0 aromatic heterocycles. The number of aliphatic hydroxyl groups is 1. The number of carbonyl (C=O) groups excluding carboxylic acids is 1. The molecule has 0 saturated heterocycles. The Hall–Kier alpha value is -2.17. The molecule has 1 saturated carbocycles. The largest absolute Gasteiger partial charge is 0.464 e. The number of hydrogen-bond acceptors (Lipinski definition) is 5. The van der Waals surface area contributed by atoms with E-state index in [9.17, 15) is 28.2 Å². The van der Waals surface area contributed by atoms with E-state index in [1.54, 1.807) is 44.4 Å². The molecule has 0 radical (unpaired) electrons. The van der Waals surface area contributed by atoms with Gasteiger partial charge in [-0.25, -0.2) is 4.79 Å². The summed E-state index contributed by atoms with van der Waals surface area (Å²) in [5.41, 5.74) is 0.509. The number of carboxylic acid groups (broad SMARTS) is 1. The predicted molar refractivity (Wildman–Crippen MR) is 97.9 cm³/mol. The summed E-state index contributed by atoms with van der Waals surface area (Å²) < 4.78 is 27.8. The van der Waals surface area contributed by atoms with Gasteiger partial charge in [-0.2, -0.15) is 17.4 Å². The molecule has 0 aliphatic heterocycles. The molecule has 2 amide bonds. The van der Waals surface area contributed by atoms with Gasteiger partial charge in [0.15, 0.2) is 0 Å². The summed E-state index contributed by atoms with van der Waals surface area (Å²) >= 11 is 0. The quantitative estimate of drug-likeness (QED) is 0.643. The van der Waals surface area contributed by atoms with E-state index >= 15 is 0 Å². The molecule has 1 fully saturated rings. The maximum atomic E-state index is 12.6. The summed E-state index contributed by atoms with van der Waals surface area (Å²) in [7, 11) is -1.20. The molecule has 0 heterocycles. The van der Waals surface area contributed by atoms with Crippen LogP contribution in [0.4, 0.5) is 4.79 Å². The minimum absolute atomic E-state index is 0.107. The normalized spacial score (nSPS) is 22.9. The number of hydrogen-bond donors (Lipinski definition) is 3. The Balaban J connectivity index is 2.15. The zero-order chi connectivity index (χ0) is 20.2. The summed E-state index contributed by atoms with van der Waals surface area (Å²) in [5, 5.41) is 19.5. The number of rotatable bonds is 6. The maximum absolute atomic E-state index is 12.6. The van der Waals surface area contributed by atoms with Crippen LogP contribution in [0.25, 0.3) is 0 Å². The smallest absolute Gasteiger partial charge is 0.422 e. The van der Waals surface area contributed by atoms with Crippen molar-refractivity contribution in [1.82, 2.24) is 13.9 Å². The Bertz CT molecular complexity index is 768. The van der Waals surface area contributed by atoms with Crippen LogP contribution in [0.5, 0.6) is 0 Å². The van der Waals surface area contributed by atoms with Crippen molar-refractivity contribution in [3.8, 4) is 0 Å². The lowest BCUT2D eigenvalue weighted by molar-refractivity contribution is -0.135. The monoisotopic (exact) mass is 399 g/mol. The number of carbonyl (C=O) groups is 2. The van der Waals surface area contributed by atoms with Gasteiger partial charge in [-0.1, -0.05) is 30.3 Å². The Kier molecular flexibility index (Phi) is 6.79. The van der Waals surface area contributed by atoms with Crippen LogP contribution < -0.4 is 4.72 Å². The number of benzene rings is 1. The lowest BCUT2D eigenvalue weighted by atomic mass is 9.83. The minimum atomic E-state index is -4.42. The predicted octanol–water partition coefficient (Wildman–Crippen LogP) is 0.619. The van der Waals surface area contributed by atoms with E-state index in [1.165, 1.54) is 4.90 Å². The van der Waals surface area contributed by atoms with Crippen LogP contribution in [0.15, 0.2) is 30.3 Å². The van der Waals surface area contributed by atoms with Crippen molar-refractivity contribution in [1.29, 1.82) is 0 Å². The van der Waals surface area contributed by atoms with Crippen molar-refractivity contribution in [3.63, 3.8) is 0 Å². The number of nitrogens with zero attached hydrogens (tertiary/aromatic N) is 2. The van der Waals surface area contributed by atoms with Gasteiger partial charge in [0.25, 0.3) is 0 Å². The number of amides is 2. The highest BCUT2D eigenvalue weighted by atomic mass is 32.2. The molecule has 0 bridgehead atoms. The van der Waals surface area contributed by atoms with Gasteiger partial charge in [0.1, 0.15) is 0 Å². The molecule has 9 nitrogen and oxygen atoms in total. The van der Waals surface area contributed by atoms with Gasteiger partial charge in [-0.3, -0.25) is 4.79 Å². The van der Waals surface area contributed by atoms with Crippen LogP contribution in [-0.2, 0) is 21.5 Å². The van der Waals surface area contributed by atoms with E-state index in [0.717, 1.165) is 0 Å². The molecule has 2 rings (SSSR count). The first-order chi connectivity index (χ1) is 12.6. The van der Waals surface area contributed by atoms with Crippen LogP contribution in [0.1, 0.15) is 24.8 Å². The molecule has 1 aliphatic rings. The average Bonchev–Trinajstić information content (AvgIpc) is 2.61. The molecule has 3 atom stereocenters. The third-order valence-corrected chi connectivity index (χ3v) is 6.04. The zero-order valence-electron chi connectivity index (χ0n) is 15.3. The first-order valence-electron chi connectivity index (χ1n) is 8.58. The van der Waals surface area contributed by atoms with Crippen LogP contribution in [0, 0.1) is 5.92 Å². The van der Waals surface area contributed by atoms with Crippen LogP contribution in [0.2, 0.25) is 0 Å². The van der Waals surface area contributed by atoms with E-state index < -0.39 is 34.4 Å². The highest BCUT2D eigenvalue weighted by Crippen LogP contribution is 2.27. The maximum Gasteiger partial charge on any atom is 0.422 e. The average molecular weight is 399 g/mol. The SMILES string of the molecule is CN(C)C(=O)C1CCC(O)C(NS(=O)(=O)N(Cc2ccccc2)C(=O)O)C1. The molecular formula is C17H25N3O6S. The fourth-order valence-corrected chi connectivity index (χ4v) is 4.42. The Morgan fingerprint density at radius 3 is 2.37 bits per heavy atom. The summed E-state index contributed by atoms with van der Waals surface area (Å²) in [4.78, 5) is 25.1. The van der Waals surface area contributed by atoms with Crippen LogP contribution in [0.3, 0.4) is 0 Å². The lowest BCUT2D eigenvalue weighted by Gasteiger charge is -2.34. The van der Waals surface area contributed by atoms with Gasteiger partial charge in [0, 0.05) is 20.0 Å². The fourth-order valence-electron chi connectivity index (χ4n) is 3.13. The Morgan fingerprint density at radius 1 is 1.19 bits per heavy atom. The van der Waals surface area contributed by atoms with Crippen molar-refractivity contribution in [3.05, 3.63) is 35.9 Å². The second-order valence-corrected chi connectivity index (χ2v) is 8.44. The molecule has 3 N–H and O–H groups in total. The minimum Gasteiger partial charge on any atom is -0.464 e. The molecule has 27 heavy (non-hydrogen) atoms. The van der Waals surface area contributed by atoms with Gasteiger partial charge >= 0.3 is 16.3 Å². The summed E-state index contributed by atoms with van der Waals surface area (Å²) in [6.07, 6.45) is -1.81. The summed E-state index contributed by atoms with van der Waals surface area (Å²) in [6, 6.07) is 7.39. The van der Waals surface area contributed by atoms with E-state index in [-0.39, 0.29) is 25.3 Å². The van der Waals surface area contributed by atoms with Crippen LogP contribution in [-0.4, -0.2) is 66.1 Å². The molecule has 0 spiro atoms. The molecule has 1 aliphatic carbocycles. The van der Waals surface area contributed by atoms with Gasteiger partial charge in [0.05, 0.1) is 18.7 Å². The van der Waals surface area contributed by atoms with Gasteiger partial charge < -0.3 is 15.1 Å². The molecular weight excluding hydrogens is 374 g/mol. The standard InChI is InChI=1S/C17H25N3O6S/c1-19(2)16(22)13-8-9-15(21)14(10-13)18-27(25,26)20(17(23)24)11-12-6-4-3-5-7-12/h3-7,13-15,18,21H,8-11H2,1-2H3,(H,23,24). The van der Waals surface area contributed by atoms with Crippen molar-refractivity contribution in [2.75, 3.05) is 14.1 Å². The van der Waals surface area contributed by atoms with Gasteiger partial charge in [0.2, 0.25) is 5.91 Å². The van der Waals surface area contributed by atoms with Gasteiger partial charge in [-0.05, 0) is 24.8 Å². The number of aliphatic hydroxyl groups excluding tert-OH is 1. The van der Waals surface area contributed by atoms with Gasteiger partial charge in [-0.15, -0.1) is 0 Å². The molecule has 150 valence electrons. The molecule has 1 aromatic carbocycles. The highest BCUT2D eigenvalue weighted by molar-refractivity contribution is 7.87. The topological polar surface area (TPSA) is 127 Å². The Morgan fingerprint density at radius 2 is 1.81 bits per heavy atom. The van der Waals surface area contributed by atoms with Crippen molar-refractivity contribution < 1.29 is 28.2 Å². The van der Waals surface area contributed by atoms with Crippen LogP contribution >= 0.6 is 0 Å². The third-order valence-electron chi connectivity index (χ3n) is 4.58. The Labute approximate surface area is 158 Å². The first kappa shape index (κ1) is 21.1. The fraction of sp³-hybridized carbons (Fsp3) is 0.529. The van der Waals surface area contributed by atoms with E-state index in [2.05, 4.69) is 4.72 Å². The van der Waals surface area contributed by atoms with Crippen molar-refractivity contribution >= 4 is 22.2 Å². The third kappa shape index (κ3) is 5.41. The van der Waals surface area contributed by atoms with E-state index in [0.29, 0.717) is 16.3 Å².